The molecular weight excluding hydrogens is 370 g/mol. The van der Waals surface area contributed by atoms with E-state index < -0.39 is 10.0 Å². The highest BCUT2D eigenvalue weighted by atomic mass is 32.2. The van der Waals surface area contributed by atoms with Crippen LogP contribution in [-0.2, 0) is 22.9 Å². The maximum Gasteiger partial charge on any atom is 0.241 e. The molecule has 0 saturated heterocycles. The Morgan fingerprint density at radius 1 is 1.04 bits per heavy atom. The molecule has 0 spiro atoms. The van der Waals surface area contributed by atoms with E-state index >= 15 is 0 Å². The topological polar surface area (TPSA) is 55.4 Å². The summed E-state index contributed by atoms with van der Waals surface area (Å²) >= 11 is 0. The SMILES string of the molecule is CCC(NS(=O)(=O)c1ccc(OC)c(C(C)C)c1)c1ccc2c(c1)CCCC2. The van der Waals surface area contributed by atoms with Crippen LogP contribution in [0.5, 0.6) is 5.75 Å². The Hall–Kier alpha value is -1.85. The number of aryl methyl sites for hydroxylation is 2. The summed E-state index contributed by atoms with van der Waals surface area (Å²) in [5.41, 5.74) is 4.72. The molecule has 3 rings (SSSR count). The van der Waals surface area contributed by atoms with Gasteiger partial charge in [0.1, 0.15) is 5.75 Å². The Morgan fingerprint density at radius 3 is 2.39 bits per heavy atom. The highest BCUT2D eigenvalue weighted by Crippen LogP contribution is 2.30. The molecule has 0 bridgehead atoms. The number of sulfonamides is 1. The summed E-state index contributed by atoms with van der Waals surface area (Å²) < 4.78 is 34.5. The fourth-order valence-electron chi connectivity index (χ4n) is 3.94. The Morgan fingerprint density at radius 2 is 1.75 bits per heavy atom. The van der Waals surface area contributed by atoms with Gasteiger partial charge in [0.15, 0.2) is 0 Å². The van der Waals surface area contributed by atoms with Gasteiger partial charge in [-0.25, -0.2) is 13.1 Å². The third-order valence-electron chi connectivity index (χ3n) is 5.61. The first kappa shape index (κ1) is 20.9. The maximum absolute atomic E-state index is 13.1. The summed E-state index contributed by atoms with van der Waals surface area (Å²) in [6.45, 7) is 6.08. The molecule has 1 aliphatic rings. The molecule has 2 aromatic carbocycles. The lowest BCUT2D eigenvalue weighted by Gasteiger charge is -2.22. The van der Waals surface area contributed by atoms with E-state index in [1.807, 2.05) is 20.8 Å². The number of ether oxygens (including phenoxy) is 1. The third-order valence-corrected chi connectivity index (χ3v) is 7.08. The number of benzene rings is 2. The molecule has 0 amide bonds. The van der Waals surface area contributed by atoms with Gasteiger partial charge in [0.2, 0.25) is 10.0 Å². The predicted octanol–water partition coefficient (Wildman–Crippen LogP) is 5.13. The van der Waals surface area contributed by atoms with Gasteiger partial charge in [-0.05, 0) is 78.5 Å². The van der Waals surface area contributed by atoms with Crippen LogP contribution in [0.1, 0.15) is 74.2 Å². The minimum Gasteiger partial charge on any atom is -0.496 e. The standard InChI is InChI=1S/C23H31NO3S/c1-5-22(19-11-10-17-8-6-7-9-18(17)14-19)24-28(25,26)20-12-13-23(27-4)21(15-20)16(2)3/h10-16,22,24H,5-9H2,1-4H3. The zero-order chi connectivity index (χ0) is 20.3. The quantitative estimate of drug-likeness (QED) is 0.700. The van der Waals surface area contributed by atoms with Crippen LogP contribution in [0.15, 0.2) is 41.3 Å². The second-order valence-electron chi connectivity index (χ2n) is 7.88. The zero-order valence-electron chi connectivity index (χ0n) is 17.3. The third kappa shape index (κ3) is 4.41. The van der Waals surface area contributed by atoms with Gasteiger partial charge >= 0.3 is 0 Å². The van der Waals surface area contributed by atoms with Crippen molar-refractivity contribution in [1.82, 2.24) is 4.72 Å². The van der Waals surface area contributed by atoms with Crippen LogP contribution in [0, 0.1) is 0 Å². The van der Waals surface area contributed by atoms with E-state index in [0.29, 0.717) is 6.42 Å². The highest BCUT2D eigenvalue weighted by Gasteiger charge is 2.23. The lowest BCUT2D eigenvalue weighted by Crippen LogP contribution is -2.28. The van der Waals surface area contributed by atoms with Crippen molar-refractivity contribution in [2.75, 3.05) is 7.11 Å². The van der Waals surface area contributed by atoms with E-state index in [1.165, 1.54) is 24.0 Å². The highest BCUT2D eigenvalue weighted by molar-refractivity contribution is 7.89. The molecule has 1 aliphatic carbocycles. The molecule has 5 heteroatoms. The molecule has 0 fully saturated rings. The minimum absolute atomic E-state index is 0.174. The molecule has 152 valence electrons. The molecule has 1 atom stereocenters. The Balaban J connectivity index is 1.89. The van der Waals surface area contributed by atoms with Gasteiger partial charge in [-0.15, -0.1) is 0 Å². The molecule has 1 N–H and O–H groups in total. The first-order valence-corrected chi connectivity index (χ1v) is 11.7. The first-order chi connectivity index (χ1) is 13.4. The number of hydrogen-bond donors (Lipinski definition) is 1. The summed E-state index contributed by atoms with van der Waals surface area (Å²) in [5.74, 6) is 0.892. The van der Waals surface area contributed by atoms with Crippen molar-refractivity contribution in [3.8, 4) is 5.75 Å². The van der Waals surface area contributed by atoms with Gasteiger partial charge < -0.3 is 4.74 Å². The smallest absolute Gasteiger partial charge is 0.241 e. The summed E-state index contributed by atoms with van der Waals surface area (Å²) in [7, 11) is -2.02. The van der Waals surface area contributed by atoms with E-state index in [4.69, 9.17) is 4.74 Å². The van der Waals surface area contributed by atoms with E-state index in [-0.39, 0.29) is 16.9 Å². The van der Waals surface area contributed by atoms with Crippen LogP contribution >= 0.6 is 0 Å². The van der Waals surface area contributed by atoms with Gasteiger partial charge in [-0.2, -0.15) is 0 Å². The Kier molecular flexibility index (Phi) is 6.46. The maximum atomic E-state index is 13.1. The normalized spacial score (nSPS) is 15.3. The van der Waals surface area contributed by atoms with Gasteiger partial charge in [0, 0.05) is 6.04 Å². The van der Waals surface area contributed by atoms with Crippen molar-refractivity contribution in [3.63, 3.8) is 0 Å². The number of methoxy groups -OCH3 is 1. The van der Waals surface area contributed by atoms with Crippen molar-refractivity contribution in [2.24, 2.45) is 0 Å². The number of hydrogen-bond acceptors (Lipinski definition) is 3. The zero-order valence-corrected chi connectivity index (χ0v) is 18.1. The van der Waals surface area contributed by atoms with Crippen LogP contribution in [0.25, 0.3) is 0 Å². The molecule has 0 heterocycles. The van der Waals surface area contributed by atoms with Crippen molar-refractivity contribution < 1.29 is 13.2 Å². The van der Waals surface area contributed by atoms with E-state index in [0.717, 1.165) is 29.7 Å². The average molecular weight is 402 g/mol. The fraction of sp³-hybridized carbons (Fsp3) is 0.478. The second kappa shape index (κ2) is 8.66. The van der Waals surface area contributed by atoms with Crippen LogP contribution in [-0.4, -0.2) is 15.5 Å². The number of rotatable bonds is 7. The largest absolute Gasteiger partial charge is 0.496 e. The van der Waals surface area contributed by atoms with Crippen molar-refractivity contribution >= 4 is 10.0 Å². The Labute approximate surface area is 169 Å². The molecule has 0 radical (unpaired) electrons. The minimum atomic E-state index is -3.63. The molecule has 0 saturated carbocycles. The summed E-state index contributed by atoms with van der Waals surface area (Å²) in [4.78, 5) is 0.286. The molecule has 0 aromatic heterocycles. The van der Waals surface area contributed by atoms with E-state index in [1.54, 1.807) is 25.3 Å². The van der Waals surface area contributed by atoms with Gasteiger partial charge in [-0.3, -0.25) is 0 Å². The first-order valence-electron chi connectivity index (χ1n) is 10.2. The lowest BCUT2D eigenvalue weighted by molar-refractivity contribution is 0.407. The molecule has 28 heavy (non-hydrogen) atoms. The molecule has 4 nitrogen and oxygen atoms in total. The van der Waals surface area contributed by atoms with Crippen molar-refractivity contribution in [2.45, 2.75) is 69.7 Å². The molecule has 1 unspecified atom stereocenters. The lowest BCUT2D eigenvalue weighted by atomic mass is 9.89. The van der Waals surface area contributed by atoms with Gasteiger partial charge in [-0.1, -0.05) is 39.0 Å². The number of nitrogens with one attached hydrogen (secondary N) is 1. The van der Waals surface area contributed by atoms with Crippen molar-refractivity contribution in [1.29, 1.82) is 0 Å². The summed E-state index contributed by atoms with van der Waals surface area (Å²) in [6, 6.07) is 11.3. The number of fused-ring (bicyclic) bond motifs is 1. The molecule has 0 aliphatic heterocycles. The summed E-state index contributed by atoms with van der Waals surface area (Å²) in [6.07, 6.45) is 5.37. The van der Waals surface area contributed by atoms with Gasteiger partial charge in [0.05, 0.1) is 12.0 Å². The Bertz CT molecular complexity index is 935. The molecular formula is C23H31NO3S. The van der Waals surface area contributed by atoms with Crippen LogP contribution in [0.3, 0.4) is 0 Å². The van der Waals surface area contributed by atoms with E-state index in [2.05, 4.69) is 22.9 Å². The van der Waals surface area contributed by atoms with E-state index in [9.17, 15) is 8.42 Å². The average Bonchev–Trinajstić information content (AvgIpc) is 2.71. The van der Waals surface area contributed by atoms with Crippen LogP contribution in [0.4, 0.5) is 0 Å². The second-order valence-corrected chi connectivity index (χ2v) is 9.59. The summed E-state index contributed by atoms with van der Waals surface area (Å²) in [5, 5.41) is 0. The monoisotopic (exact) mass is 401 g/mol. The van der Waals surface area contributed by atoms with Crippen LogP contribution in [0.2, 0.25) is 0 Å². The predicted molar refractivity (Wildman–Crippen MR) is 114 cm³/mol. The fourth-order valence-corrected chi connectivity index (χ4v) is 5.29. The van der Waals surface area contributed by atoms with Gasteiger partial charge in [0.25, 0.3) is 0 Å². The van der Waals surface area contributed by atoms with Crippen LogP contribution < -0.4 is 9.46 Å². The van der Waals surface area contributed by atoms with Crippen molar-refractivity contribution in [3.05, 3.63) is 58.7 Å². The molecule has 2 aromatic rings.